The molecule has 0 aliphatic carbocycles. The van der Waals surface area contributed by atoms with Crippen LogP contribution in [0.3, 0.4) is 0 Å². The zero-order valence-corrected chi connectivity index (χ0v) is 11.8. The monoisotopic (exact) mass is 311 g/mol. The van der Waals surface area contributed by atoms with Crippen molar-refractivity contribution < 1.29 is 4.52 Å². The number of rotatable bonds is 5. The highest BCUT2D eigenvalue weighted by atomic mass is 79.9. The molecule has 7 heteroatoms. The van der Waals surface area contributed by atoms with Gasteiger partial charge in [0.15, 0.2) is 5.82 Å². The Morgan fingerprint density at radius 2 is 2.22 bits per heavy atom. The second-order valence-corrected chi connectivity index (χ2v) is 4.93. The van der Waals surface area contributed by atoms with E-state index in [1.165, 1.54) is 6.39 Å². The first-order valence-electron chi connectivity index (χ1n) is 5.68. The lowest BCUT2D eigenvalue weighted by Crippen LogP contribution is -2.09. The van der Waals surface area contributed by atoms with Crippen molar-refractivity contribution in [2.75, 3.05) is 11.9 Å². The second kappa shape index (κ2) is 5.90. The summed E-state index contributed by atoms with van der Waals surface area (Å²) in [5.74, 6) is 2.58. The van der Waals surface area contributed by atoms with Gasteiger partial charge in [-0.3, -0.25) is 0 Å². The van der Waals surface area contributed by atoms with Crippen LogP contribution in [0, 0.1) is 0 Å². The minimum Gasteiger partial charge on any atom is -0.369 e. The molecule has 2 heterocycles. The topological polar surface area (TPSA) is 76.7 Å². The fourth-order valence-corrected chi connectivity index (χ4v) is 1.79. The fourth-order valence-electron chi connectivity index (χ4n) is 1.39. The lowest BCUT2D eigenvalue weighted by molar-refractivity contribution is 0.410. The molecule has 96 valence electrons. The summed E-state index contributed by atoms with van der Waals surface area (Å²) >= 11 is 3.38. The Kier molecular flexibility index (Phi) is 4.24. The minimum absolute atomic E-state index is 0.292. The molecule has 6 nitrogen and oxygen atoms in total. The molecule has 0 amide bonds. The molecule has 0 aromatic carbocycles. The van der Waals surface area contributed by atoms with E-state index in [0.29, 0.717) is 24.7 Å². The third-order valence-electron chi connectivity index (χ3n) is 2.29. The average Bonchev–Trinajstić information content (AvgIpc) is 2.81. The van der Waals surface area contributed by atoms with Gasteiger partial charge in [-0.15, -0.1) is 0 Å². The lowest BCUT2D eigenvalue weighted by atomic mass is 10.2. The summed E-state index contributed by atoms with van der Waals surface area (Å²) in [6.45, 7) is 4.82. The van der Waals surface area contributed by atoms with Gasteiger partial charge in [0.1, 0.15) is 16.2 Å². The Morgan fingerprint density at radius 1 is 1.39 bits per heavy atom. The molecule has 2 aromatic heterocycles. The van der Waals surface area contributed by atoms with E-state index in [1.54, 1.807) is 0 Å². The molecule has 0 radical (unpaired) electrons. The van der Waals surface area contributed by atoms with Crippen LogP contribution < -0.4 is 5.32 Å². The van der Waals surface area contributed by atoms with E-state index in [9.17, 15) is 0 Å². The van der Waals surface area contributed by atoms with Gasteiger partial charge in [-0.1, -0.05) is 19.0 Å². The van der Waals surface area contributed by atoms with Gasteiger partial charge in [-0.25, -0.2) is 9.97 Å². The number of halogens is 1. The number of nitrogens with one attached hydrogen (secondary N) is 1. The van der Waals surface area contributed by atoms with E-state index in [2.05, 4.69) is 59.7 Å². The summed E-state index contributed by atoms with van der Waals surface area (Å²) < 4.78 is 5.45. The molecule has 0 unspecified atom stereocenters. The highest BCUT2D eigenvalue weighted by Crippen LogP contribution is 2.17. The van der Waals surface area contributed by atoms with Crippen molar-refractivity contribution in [3.63, 3.8) is 0 Å². The maximum atomic E-state index is 4.66. The second-order valence-electron chi connectivity index (χ2n) is 4.11. The van der Waals surface area contributed by atoms with Gasteiger partial charge in [0, 0.05) is 24.9 Å². The fraction of sp³-hybridized carbons (Fsp3) is 0.455. The third kappa shape index (κ3) is 3.49. The summed E-state index contributed by atoms with van der Waals surface area (Å²) in [5, 5.41) is 6.96. The summed E-state index contributed by atoms with van der Waals surface area (Å²) in [6.07, 6.45) is 2.02. The Balaban J connectivity index is 1.96. The third-order valence-corrected chi connectivity index (χ3v) is 2.70. The molecule has 2 aromatic rings. The molecular formula is C11H14BrN5O. The van der Waals surface area contributed by atoms with Gasteiger partial charge < -0.3 is 9.84 Å². The van der Waals surface area contributed by atoms with Crippen molar-refractivity contribution in [1.82, 2.24) is 20.1 Å². The SMILES string of the molecule is CC(C)c1nc(Br)cc(NCCc2ncon2)n1. The number of anilines is 1. The van der Waals surface area contributed by atoms with Crippen LogP contribution in [-0.4, -0.2) is 26.7 Å². The molecule has 2 rings (SSSR count). The van der Waals surface area contributed by atoms with Crippen molar-refractivity contribution in [1.29, 1.82) is 0 Å². The van der Waals surface area contributed by atoms with E-state index in [-0.39, 0.29) is 0 Å². The first kappa shape index (κ1) is 12.9. The van der Waals surface area contributed by atoms with Crippen LogP contribution in [0.2, 0.25) is 0 Å². The van der Waals surface area contributed by atoms with Gasteiger partial charge in [-0.2, -0.15) is 4.98 Å². The number of hydrogen-bond acceptors (Lipinski definition) is 6. The van der Waals surface area contributed by atoms with E-state index in [1.807, 2.05) is 6.07 Å². The van der Waals surface area contributed by atoms with Gasteiger partial charge >= 0.3 is 0 Å². The predicted molar refractivity (Wildman–Crippen MR) is 70.3 cm³/mol. The van der Waals surface area contributed by atoms with Crippen LogP contribution in [0.5, 0.6) is 0 Å². The maximum Gasteiger partial charge on any atom is 0.213 e. The molecule has 0 aliphatic heterocycles. The van der Waals surface area contributed by atoms with Crippen LogP contribution in [0.25, 0.3) is 0 Å². The predicted octanol–water partition coefficient (Wildman–Crippen LogP) is 2.40. The van der Waals surface area contributed by atoms with Crippen molar-refractivity contribution in [2.24, 2.45) is 0 Å². The zero-order valence-electron chi connectivity index (χ0n) is 10.2. The smallest absolute Gasteiger partial charge is 0.213 e. The Morgan fingerprint density at radius 3 is 2.89 bits per heavy atom. The molecule has 0 spiro atoms. The maximum absolute atomic E-state index is 4.66. The first-order chi connectivity index (χ1) is 8.65. The van der Waals surface area contributed by atoms with Crippen molar-refractivity contribution in [2.45, 2.75) is 26.2 Å². The first-order valence-corrected chi connectivity index (χ1v) is 6.48. The Bertz CT molecular complexity index is 500. The lowest BCUT2D eigenvalue weighted by Gasteiger charge is -2.08. The minimum atomic E-state index is 0.292. The van der Waals surface area contributed by atoms with E-state index in [0.717, 1.165) is 16.2 Å². The van der Waals surface area contributed by atoms with E-state index < -0.39 is 0 Å². The van der Waals surface area contributed by atoms with Gasteiger partial charge in [0.25, 0.3) is 0 Å². The van der Waals surface area contributed by atoms with Crippen LogP contribution in [0.15, 0.2) is 21.6 Å². The van der Waals surface area contributed by atoms with Crippen LogP contribution in [-0.2, 0) is 6.42 Å². The van der Waals surface area contributed by atoms with Crippen LogP contribution in [0.4, 0.5) is 5.82 Å². The van der Waals surface area contributed by atoms with Gasteiger partial charge in [0.2, 0.25) is 6.39 Å². The van der Waals surface area contributed by atoms with E-state index >= 15 is 0 Å². The van der Waals surface area contributed by atoms with Gasteiger partial charge in [0.05, 0.1) is 0 Å². The Hall–Kier alpha value is -1.50. The average molecular weight is 312 g/mol. The number of aromatic nitrogens is 4. The van der Waals surface area contributed by atoms with Crippen LogP contribution >= 0.6 is 15.9 Å². The van der Waals surface area contributed by atoms with E-state index in [4.69, 9.17) is 0 Å². The van der Waals surface area contributed by atoms with Crippen molar-refractivity contribution >= 4 is 21.7 Å². The normalized spacial score (nSPS) is 10.9. The zero-order chi connectivity index (χ0) is 13.0. The highest BCUT2D eigenvalue weighted by molar-refractivity contribution is 9.10. The molecule has 0 bridgehead atoms. The highest BCUT2D eigenvalue weighted by Gasteiger charge is 2.07. The largest absolute Gasteiger partial charge is 0.369 e. The standard InChI is InChI=1S/C11H14BrN5O/c1-7(2)11-15-8(12)5-10(16-11)13-4-3-9-14-6-18-17-9/h5-7H,3-4H2,1-2H3,(H,13,15,16). The van der Waals surface area contributed by atoms with Crippen molar-refractivity contribution in [3.05, 3.63) is 28.7 Å². The van der Waals surface area contributed by atoms with Gasteiger partial charge in [-0.05, 0) is 15.9 Å². The number of nitrogens with zero attached hydrogens (tertiary/aromatic N) is 4. The Labute approximate surface area is 113 Å². The van der Waals surface area contributed by atoms with Crippen molar-refractivity contribution in [3.8, 4) is 0 Å². The van der Waals surface area contributed by atoms with Crippen LogP contribution in [0.1, 0.15) is 31.4 Å². The summed E-state index contributed by atoms with van der Waals surface area (Å²) in [7, 11) is 0. The molecule has 0 saturated carbocycles. The molecule has 0 atom stereocenters. The molecule has 0 fully saturated rings. The summed E-state index contributed by atoms with van der Waals surface area (Å²) in [5.41, 5.74) is 0. The molecular weight excluding hydrogens is 298 g/mol. The quantitative estimate of drug-likeness (QED) is 0.854. The molecule has 0 saturated heterocycles. The molecule has 1 N–H and O–H groups in total. The summed E-state index contributed by atoms with van der Waals surface area (Å²) in [4.78, 5) is 12.7. The summed E-state index contributed by atoms with van der Waals surface area (Å²) in [6, 6.07) is 1.85. The number of hydrogen-bond donors (Lipinski definition) is 1. The molecule has 18 heavy (non-hydrogen) atoms. The molecule has 0 aliphatic rings.